The molecule has 0 atom stereocenters. The highest BCUT2D eigenvalue weighted by Gasteiger charge is 2.46. The Morgan fingerprint density at radius 2 is 0.982 bits per heavy atom. The third-order valence-corrected chi connectivity index (χ3v) is 12.9. The van der Waals surface area contributed by atoms with Crippen molar-refractivity contribution < 1.29 is 4.42 Å². The molecule has 0 saturated carbocycles. The van der Waals surface area contributed by atoms with Gasteiger partial charge in [-0.1, -0.05) is 164 Å². The molecule has 0 spiro atoms. The number of aromatic nitrogens is 2. The molecule has 0 radical (unpaired) electrons. The fourth-order valence-corrected chi connectivity index (χ4v) is 10.6. The van der Waals surface area contributed by atoms with Crippen LogP contribution < -0.4 is 0 Å². The molecular formula is C53H32N2OS. The summed E-state index contributed by atoms with van der Waals surface area (Å²) >= 11 is 1.81. The lowest BCUT2D eigenvalue weighted by molar-refractivity contribution is 0.670. The summed E-state index contributed by atoms with van der Waals surface area (Å²) in [5.74, 6) is 0.686. The van der Waals surface area contributed by atoms with Crippen LogP contribution >= 0.6 is 11.3 Å². The molecule has 0 saturated heterocycles. The van der Waals surface area contributed by atoms with Crippen LogP contribution in [-0.2, 0) is 5.41 Å². The number of fused-ring (bicyclic) bond motifs is 9. The summed E-state index contributed by atoms with van der Waals surface area (Å²) in [6.07, 6.45) is 0. The SMILES string of the molecule is c1ccc(C2(c3ccccc3)c3ccccc3-c3c(-c4cc(-c5cccc6c5oc5ccccc56)nc(-c5cccc6sc7ccccc7c56)n4)cccc32)cc1. The molecule has 1 aliphatic carbocycles. The van der Waals surface area contributed by atoms with Gasteiger partial charge in [0.15, 0.2) is 5.82 Å². The molecule has 0 fully saturated rings. The van der Waals surface area contributed by atoms with E-state index in [2.05, 4.69) is 182 Å². The van der Waals surface area contributed by atoms with Crippen molar-refractivity contribution in [2.24, 2.45) is 0 Å². The van der Waals surface area contributed by atoms with E-state index in [9.17, 15) is 0 Å². The van der Waals surface area contributed by atoms with Crippen molar-refractivity contribution in [2.75, 3.05) is 0 Å². The van der Waals surface area contributed by atoms with E-state index < -0.39 is 5.41 Å². The minimum atomic E-state index is -0.524. The van der Waals surface area contributed by atoms with Crippen LogP contribution in [0.5, 0.6) is 0 Å². The minimum absolute atomic E-state index is 0.524. The van der Waals surface area contributed by atoms with Gasteiger partial charge in [0.1, 0.15) is 11.2 Å². The second-order valence-corrected chi connectivity index (χ2v) is 15.9. The summed E-state index contributed by atoms with van der Waals surface area (Å²) < 4.78 is 9.10. The van der Waals surface area contributed by atoms with Gasteiger partial charge in [-0.05, 0) is 63.7 Å². The maximum Gasteiger partial charge on any atom is 0.161 e. The molecule has 3 aromatic heterocycles. The first-order valence-electron chi connectivity index (χ1n) is 19.3. The van der Waals surface area contributed by atoms with Gasteiger partial charge in [0, 0.05) is 47.6 Å². The third kappa shape index (κ3) is 4.65. The van der Waals surface area contributed by atoms with Crippen LogP contribution in [0.1, 0.15) is 22.3 Å². The van der Waals surface area contributed by atoms with Gasteiger partial charge in [0.05, 0.1) is 16.8 Å². The Labute approximate surface area is 333 Å². The Morgan fingerprint density at radius 3 is 1.81 bits per heavy atom. The van der Waals surface area contributed by atoms with Crippen LogP contribution in [0.3, 0.4) is 0 Å². The average Bonchev–Trinajstić information content (AvgIpc) is 3.95. The van der Waals surface area contributed by atoms with E-state index in [1.54, 1.807) is 0 Å². The van der Waals surface area contributed by atoms with Gasteiger partial charge in [-0.3, -0.25) is 0 Å². The molecule has 0 aliphatic heterocycles. The van der Waals surface area contributed by atoms with Crippen molar-refractivity contribution >= 4 is 53.4 Å². The van der Waals surface area contributed by atoms with Crippen LogP contribution in [0.4, 0.5) is 0 Å². The number of hydrogen-bond donors (Lipinski definition) is 0. The van der Waals surface area contributed by atoms with Crippen molar-refractivity contribution in [3.05, 3.63) is 216 Å². The van der Waals surface area contributed by atoms with Gasteiger partial charge < -0.3 is 4.42 Å². The highest BCUT2D eigenvalue weighted by Crippen LogP contribution is 2.58. The zero-order chi connectivity index (χ0) is 37.5. The molecule has 3 nitrogen and oxygen atoms in total. The molecule has 0 amide bonds. The second kappa shape index (κ2) is 12.4. The molecule has 4 heteroatoms. The summed E-state index contributed by atoms with van der Waals surface area (Å²) in [7, 11) is 0. The normalized spacial score (nSPS) is 13.1. The molecule has 12 rings (SSSR count). The number of rotatable bonds is 5. The Kier molecular flexibility index (Phi) is 7.01. The first-order chi connectivity index (χ1) is 28.3. The molecule has 8 aromatic carbocycles. The lowest BCUT2D eigenvalue weighted by Gasteiger charge is -2.33. The van der Waals surface area contributed by atoms with Gasteiger partial charge in [0.25, 0.3) is 0 Å². The molecule has 0 bridgehead atoms. The number of nitrogens with zero attached hydrogens (tertiary/aromatic N) is 2. The molecule has 11 aromatic rings. The molecule has 266 valence electrons. The largest absolute Gasteiger partial charge is 0.455 e. The number of hydrogen-bond acceptors (Lipinski definition) is 4. The maximum atomic E-state index is 6.63. The van der Waals surface area contributed by atoms with Crippen LogP contribution in [0.2, 0.25) is 0 Å². The van der Waals surface area contributed by atoms with Crippen molar-refractivity contribution in [1.82, 2.24) is 9.97 Å². The van der Waals surface area contributed by atoms with Crippen LogP contribution in [-0.4, -0.2) is 9.97 Å². The lowest BCUT2D eigenvalue weighted by atomic mass is 9.67. The molecule has 1 aliphatic rings. The smallest absolute Gasteiger partial charge is 0.161 e. The number of para-hydroxylation sites is 2. The monoisotopic (exact) mass is 744 g/mol. The first-order valence-corrected chi connectivity index (χ1v) is 20.1. The van der Waals surface area contributed by atoms with Crippen LogP contribution in [0.25, 0.3) is 87.1 Å². The fourth-order valence-electron chi connectivity index (χ4n) is 9.46. The Morgan fingerprint density at radius 1 is 0.421 bits per heavy atom. The Bertz CT molecular complexity index is 3320. The van der Waals surface area contributed by atoms with E-state index in [1.165, 1.54) is 53.6 Å². The Hall–Kier alpha value is -7.14. The van der Waals surface area contributed by atoms with Crippen molar-refractivity contribution in [3.63, 3.8) is 0 Å². The fraction of sp³-hybridized carbons (Fsp3) is 0.0189. The van der Waals surface area contributed by atoms with E-state index >= 15 is 0 Å². The second-order valence-electron chi connectivity index (χ2n) is 14.8. The molecule has 0 unspecified atom stereocenters. The van der Waals surface area contributed by atoms with E-state index in [4.69, 9.17) is 14.4 Å². The summed E-state index contributed by atoms with van der Waals surface area (Å²) in [5, 5.41) is 4.56. The van der Waals surface area contributed by atoms with E-state index in [1.807, 2.05) is 23.5 Å². The topological polar surface area (TPSA) is 38.9 Å². The number of benzene rings is 8. The Balaban J connectivity index is 1.18. The molecule has 3 heterocycles. The van der Waals surface area contributed by atoms with Crippen molar-refractivity contribution in [2.45, 2.75) is 5.41 Å². The van der Waals surface area contributed by atoms with Crippen LogP contribution in [0, 0.1) is 0 Å². The van der Waals surface area contributed by atoms with E-state index in [0.29, 0.717) is 5.82 Å². The summed E-state index contributed by atoms with van der Waals surface area (Å²) in [6, 6.07) is 69.5. The first kappa shape index (κ1) is 32.1. The van der Waals surface area contributed by atoms with Crippen molar-refractivity contribution in [1.29, 1.82) is 0 Å². The van der Waals surface area contributed by atoms with Crippen LogP contribution in [0.15, 0.2) is 199 Å². The van der Waals surface area contributed by atoms with Gasteiger partial charge >= 0.3 is 0 Å². The lowest BCUT2D eigenvalue weighted by Crippen LogP contribution is -2.28. The molecule has 0 N–H and O–H groups in total. The third-order valence-electron chi connectivity index (χ3n) is 11.8. The quantitative estimate of drug-likeness (QED) is 0.176. The minimum Gasteiger partial charge on any atom is -0.455 e. The predicted molar refractivity (Wildman–Crippen MR) is 236 cm³/mol. The van der Waals surface area contributed by atoms with E-state index in [0.717, 1.165) is 50.0 Å². The van der Waals surface area contributed by atoms with Gasteiger partial charge in [0.2, 0.25) is 0 Å². The zero-order valence-electron chi connectivity index (χ0n) is 30.7. The van der Waals surface area contributed by atoms with Gasteiger partial charge in [-0.25, -0.2) is 9.97 Å². The van der Waals surface area contributed by atoms with Gasteiger partial charge in [-0.2, -0.15) is 0 Å². The summed E-state index contributed by atoms with van der Waals surface area (Å²) in [6.45, 7) is 0. The summed E-state index contributed by atoms with van der Waals surface area (Å²) in [4.78, 5) is 11.0. The highest BCUT2D eigenvalue weighted by atomic mass is 32.1. The summed E-state index contributed by atoms with van der Waals surface area (Å²) in [5.41, 5.74) is 13.2. The van der Waals surface area contributed by atoms with E-state index in [-0.39, 0.29) is 0 Å². The number of furan rings is 1. The molecular weight excluding hydrogens is 713 g/mol. The number of thiophene rings is 1. The average molecular weight is 745 g/mol. The predicted octanol–water partition coefficient (Wildman–Crippen LogP) is 14.1. The molecule has 57 heavy (non-hydrogen) atoms. The van der Waals surface area contributed by atoms with Crippen molar-refractivity contribution in [3.8, 4) is 45.0 Å². The maximum absolute atomic E-state index is 6.63. The van der Waals surface area contributed by atoms with Gasteiger partial charge in [-0.15, -0.1) is 11.3 Å². The standard InChI is InChI=1S/C53H32N2OS/c1-3-16-33(17-4-1)53(34-18-5-2-6-19-34)42-27-10-7-21-37(42)49-38(24-14-28-43(49)53)44-32-45(39-25-13-23-36-35-20-8-11-29-46(35)56-51(36)39)55-52(54-44)41-26-15-31-48-50(41)40-22-9-12-30-47(40)57-48/h1-32H. The zero-order valence-corrected chi connectivity index (χ0v) is 31.5. The highest BCUT2D eigenvalue weighted by molar-refractivity contribution is 7.25.